The molecule has 0 bridgehead atoms. The van der Waals surface area contributed by atoms with Crippen molar-refractivity contribution in [2.45, 2.75) is 32.6 Å². The summed E-state index contributed by atoms with van der Waals surface area (Å²) in [5.41, 5.74) is 4.00. The van der Waals surface area contributed by atoms with Gasteiger partial charge in [0.05, 0.1) is 0 Å². The first-order valence-electron chi connectivity index (χ1n) is 6.06. The molecule has 1 aliphatic rings. The van der Waals surface area contributed by atoms with E-state index in [-0.39, 0.29) is 11.6 Å². The van der Waals surface area contributed by atoms with Crippen LogP contribution in [0.4, 0.5) is 4.79 Å². The molecule has 0 spiro atoms. The van der Waals surface area contributed by atoms with E-state index in [0.717, 1.165) is 18.2 Å². The second-order valence-electron chi connectivity index (χ2n) is 4.39. The summed E-state index contributed by atoms with van der Waals surface area (Å²) in [4.78, 5) is 35.2. The molecule has 1 saturated heterocycles. The van der Waals surface area contributed by atoms with Crippen molar-refractivity contribution in [3.8, 4) is 0 Å². The van der Waals surface area contributed by atoms with Gasteiger partial charge in [0.1, 0.15) is 5.41 Å². The van der Waals surface area contributed by atoms with E-state index in [0.29, 0.717) is 18.6 Å². The van der Waals surface area contributed by atoms with E-state index in [1.807, 2.05) is 6.92 Å². The molecule has 7 nitrogen and oxygen atoms in total. The molecule has 0 aromatic rings. The molecule has 0 unspecified atom stereocenters. The van der Waals surface area contributed by atoms with Gasteiger partial charge >= 0.3 is 6.03 Å². The molecule has 0 aromatic heterocycles. The minimum Gasteiger partial charge on any atom is -0.379 e. The monoisotopic (exact) mass is 286 g/mol. The van der Waals surface area contributed by atoms with Crippen molar-refractivity contribution in [1.29, 1.82) is 5.41 Å². The number of hydrogen-bond donors (Lipinski definition) is 4. The minimum absolute atomic E-state index is 0.0571. The molecule has 1 fully saturated rings. The van der Waals surface area contributed by atoms with Crippen LogP contribution in [0.1, 0.15) is 32.6 Å². The first-order valence-corrected chi connectivity index (χ1v) is 7.04. The highest BCUT2D eigenvalue weighted by molar-refractivity contribution is 8.13. The maximum Gasteiger partial charge on any atom is 0.328 e. The Labute approximate surface area is 115 Å². The van der Waals surface area contributed by atoms with E-state index in [1.54, 1.807) is 0 Å². The number of thioether (sulfide) groups is 1. The van der Waals surface area contributed by atoms with Gasteiger partial charge in [0.2, 0.25) is 11.8 Å². The number of amides is 4. The van der Waals surface area contributed by atoms with E-state index >= 15 is 0 Å². The number of carbonyl (C=O) groups is 3. The second-order valence-corrected chi connectivity index (χ2v) is 5.52. The van der Waals surface area contributed by atoms with Gasteiger partial charge in [0, 0.05) is 5.75 Å². The number of unbranched alkanes of at least 4 members (excludes halogenated alkanes) is 1. The van der Waals surface area contributed by atoms with Crippen LogP contribution >= 0.6 is 11.8 Å². The Hall–Kier alpha value is -1.57. The predicted molar refractivity (Wildman–Crippen MR) is 72.6 cm³/mol. The van der Waals surface area contributed by atoms with Crippen molar-refractivity contribution < 1.29 is 14.4 Å². The third-order valence-electron chi connectivity index (χ3n) is 3.07. The van der Waals surface area contributed by atoms with Crippen molar-refractivity contribution >= 4 is 34.8 Å². The van der Waals surface area contributed by atoms with Crippen LogP contribution in [0.15, 0.2) is 0 Å². The lowest BCUT2D eigenvalue weighted by Crippen LogP contribution is -2.62. The number of imide groups is 2. The average Bonchev–Trinajstić information content (AvgIpc) is 2.31. The average molecular weight is 286 g/mol. The molecule has 1 rings (SSSR count). The van der Waals surface area contributed by atoms with Crippen LogP contribution in [0, 0.1) is 10.8 Å². The molecular weight excluding hydrogens is 268 g/mol. The minimum atomic E-state index is -1.23. The Balaban J connectivity index is 2.84. The Morgan fingerprint density at radius 1 is 1.26 bits per heavy atom. The lowest BCUT2D eigenvalue weighted by atomic mass is 9.77. The van der Waals surface area contributed by atoms with Crippen LogP contribution in [0.25, 0.3) is 0 Å². The normalized spacial score (nSPS) is 17.8. The quantitative estimate of drug-likeness (QED) is 0.322. The molecule has 19 heavy (non-hydrogen) atoms. The summed E-state index contributed by atoms with van der Waals surface area (Å²) in [7, 11) is 0. The van der Waals surface area contributed by atoms with Crippen LogP contribution in [-0.2, 0) is 9.59 Å². The number of nitrogens with one attached hydrogen (secondary N) is 3. The zero-order valence-electron chi connectivity index (χ0n) is 10.7. The summed E-state index contributed by atoms with van der Waals surface area (Å²) >= 11 is 1.08. The van der Waals surface area contributed by atoms with Gasteiger partial charge in [-0.05, 0) is 12.8 Å². The highest BCUT2D eigenvalue weighted by Gasteiger charge is 2.49. The van der Waals surface area contributed by atoms with Gasteiger partial charge in [-0.25, -0.2) is 4.79 Å². The molecule has 4 amide bonds. The first-order chi connectivity index (χ1) is 8.92. The fraction of sp³-hybridized carbons (Fsp3) is 0.636. The highest BCUT2D eigenvalue weighted by Crippen LogP contribution is 2.33. The van der Waals surface area contributed by atoms with Gasteiger partial charge in [-0.1, -0.05) is 31.5 Å². The smallest absolute Gasteiger partial charge is 0.328 e. The molecule has 8 heteroatoms. The van der Waals surface area contributed by atoms with Crippen LogP contribution in [0.3, 0.4) is 0 Å². The Bertz CT molecular complexity index is 391. The molecule has 0 radical (unpaired) electrons. The lowest BCUT2D eigenvalue weighted by Gasteiger charge is -2.33. The van der Waals surface area contributed by atoms with Gasteiger partial charge in [-0.15, -0.1) is 0 Å². The molecule has 0 aromatic carbocycles. The first kappa shape index (κ1) is 15.5. The van der Waals surface area contributed by atoms with Crippen molar-refractivity contribution in [2.75, 3.05) is 5.75 Å². The van der Waals surface area contributed by atoms with Crippen LogP contribution in [-0.4, -0.2) is 28.8 Å². The summed E-state index contributed by atoms with van der Waals surface area (Å²) in [5, 5.41) is 11.4. The van der Waals surface area contributed by atoms with E-state index in [4.69, 9.17) is 11.1 Å². The summed E-state index contributed by atoms with van der Waals surface area (Å²) in [6, 6.07) is -0.777. The van der Waals surface area contributed by atoms with Crippen molar-refractivity contribution in [3.63, 3.8) is 0 Å². The lowest BCUT2D eigenvalue weighted by molar-refractivity contribution is -0.145. The summed E-state index contributed by atoms with van der Waals surface area (Å²) in [6.45, 7) is 1.96. The number of nitrogens with two attached hydrogens (primary N) is 1. The number of carbonyl (C=O) groups excluding carboxylic acids is 3. The SMILES string of the molecule is CCCCC1(CCSC(=N)N)C(=O)NC(=O)NC1=O. The molecule has 106 valence electrons. The maximum absolute atomic E-state index is 12.0. The van der Waals surface area contributed by atoms with E-state index in [2.05, 4.69) is 10.6 Å². The fourth-order valence-corrected chi connectivity index (χ4v) is 2.64. The van der Waals surface area contributed by atoms with Crippen molar-refractivity contribution in [3.05, 3.63) is 0 Å². The summed E-state index contributed by atoms with van der Waals surface area (Å²) in [6.07, 6.45) is 2.19. The van der Waals surface area contributed by atoms with Gasteiger partial charge in [-0.2, -0.15) is 0 Å². The predicted octanol–water partition coefficient (Wildman–Crippen LogP) is 0.546. The van der Waals surface area contributed by atoms with Crippen LogP contribution in [0.5, 0.6) is 0 Å². The van der Waals surface area contributed by atoms with Gasteiger partial charge in [-0.3, -0.25) is 25.6 Å². The molecule has 1 heterocycles. The Morgan fingerprint density at radius 3 is 2.32 bits per heavy atom. The fourth-order valence-electron chi connectivity index (χ4n) is 1.97. The highest BCUT2D eigenvalue weighted by atomic mass is 32.2. The largest absolute Gasteiger partial charge is 0.379 e. The molecule has 0 aliphatic carbocycles. The zero-order valence-corrected chi connectivity index (χ0v) is 11.6. The van der Waals surface area contributed by atoms with E-state index < -0.39 is 23.3 Å². The molecule has 0 saturated carbocycles. The number of hydrogen-bond acceptors (Lipinski definition) is 5. The Morgan fingerprint density at radius 2 is 1.84 bits per heavy atom. The van der Waals surface area contributed by atoms with Crippen molar-refractivity contribution in [2.24, 2.45) is 11.1 Å². The summed E-state index contributed by atoms with van der Waals surface area (Å²) < 4.78 is 0. The van der Waals surface area contributed by atoms with Gasteiger partial charge < -0.3 is 5.73 Å². The number of barbiturate groups is 1. The molecule has 1 aliphatic heterocycles. The molecule has 5 N–H and O–H groups in total. The standard InChI is InChI=1S/C11H18N4O3S/c1-2-3-4-11(5-6-19-9(12)13)7(16)14-10(18)15-8(11)17/h2-6H2,1H3,(H3,12,13)(H2,14,15,16,17,18). The third kappa shape index (κ3) is 3.69. The number of amidine groups is 1. The van der Waals surface area contributed by atoms with E-state index in [1.165, 1.54) is 0 Å². The third-order valence-corrected chi connectivity index (χ3v) is 3.79. The van der Waals surface area contributed by atoms with E-state index in [9.17, 15) is 14.4 Å². The van der Waals surface area contributed by atoms with Crippen molar-refractivity contribution in [1.82, 2.24) is 10.6 Å². The zero-order chi connectivity index (χ0) is 14.5. The Kier molecular flexibility index (Phi) is 5.34. The number of urea groups is 1. The summed E-state index contributed by atoms with van der Waals surface area (Å²) in [5.74, 6) is -0.730. The molecule has 0 atom stereocenters. The van der Waals surface area contributed by atoms with Crippen LogP contribution in [0.2, 0.25) is 0 Å². The second kappa shape index (κ2) is 6.55. The molecular formula is C11H18N4O3S. The van der Waals surface area contributed by atoms with Crippen LogP contribution < -0.4 is 16.4 Å². The van der Waals surface area contributed by atoms with Gasteiger partial charge in [0.25, 0.3) is 0 Å². The topological polar surface area (TPSA) is 125 Å². The van der Waals surface area contributed by atoms with Gasteiger partial charge in [0.15, 0.2) is 5.17 Å². The maximum atomic E-state index is 12.0. The number of rotatable bonds is 6.